The Hall–Kier alpha value is -2.13. The van der Waals surface area contributed by atoms with Crippen LogP contribution in [0.3, 0.4) is 0 Å². The molecule has 5 rings (SSSR count). The molecule has 7 nitrogen and oxygen atoms in total. The van der Waals surface area contributed by atoms with Gasteiger partial charge in [0.05, 0.1) is 30.5 Å². The number of aromatic nitrogens is 4. The van der Waals surface area contributed by atoms with Gasteiger partial charge in [-0.2, -0.15) is 5.10 Å². The maximum atomic E-state index is 13.6. The molecule has 3 aliphatic rings. The third-order valence-electron chi connectivity index (χ3n) is 6.93. The number of nitrogens with zero attached hydrogens (tertiary/aromatic N) is 6. The second-order valence-corrected chi connectivity index (χ2v) is 9.00. The zero-order chi connectivity index (χ0) is 20.9. The van der Waals surface area contributed by atoms with Gasteiger partial charge in [-0.25, -0.2) is 18.7 Å². The van der Waals surface area contributed by atoms with Gasteiger partial charge in [-0.1, -0.05) is 0 Å². The number of rotatable bonds is 3. The second-order valence-electron chi connectivity index (χ2n) is 9.00. The third kappa shape index (κ3) is 3.47. The Kier molecular flexibility index (Phi) is 4.77. The van der Waals surface area contributed by atoms with E-state index in [4.69, 9.17) is 9.72 Å². The molecule has 0 saturated carbocycles. The first kappa shape index (κ1) is 19.8. The molecule has 0 radical (unpaired) electrons. The molecule has 5 heterocycles. The van der Waals surface area contributed by atoms with E-state index >= 15 is 0 Å². The number of piperidine rings is 1. The van der Waals surface area contributed by atoms with Crippen LogP contribution in [0.15, 0.2) is 12.4 Å². The van der Waals surface area contributed by atoms with Gasteiger partial charge in [-0.3, -0.25) is 9.58 Å². The highest BCUT2D eigenvalue weighted by Gasteiger charge is 2.45. The number of hydrogen-bond donors (Lipinski definition) is 0. The van der Waals surface area contributed by atoms with E-state index in [9.17, 15) is 8.78 Å². The summed E-state index contributed by atoms with van der Waals surface area (Å²) in [5, 5.41) is 4.36. The zero-order valence-corrected chi connectivity index (χ0v) is 17.6. The van der Waals surface area contributed by atoms with Gasteiger partial charge < -0.3 is 9.64 Å². The SMILES string of the molecule is Cc1c(CN2CC[C@@]3(COCc4cnc(N5CCC(F)(F)CC5)nc43)C2)cnn1C. The van der Waals surface area contributed by atoms with E-state index in [0.717, 1.165) is 37.3 Å². The first-order valence-electron chi connectivity index (χ1n) is 10.6. The van der Waals surface area contributed by atoms with E-state index in [2.05, 4.69) is 21.9 Å². The van der Waals surface area contributed by atoms with Gasteiger partial charge in [-0.05, 0) is 19.9 Å². The van der Waals surface area contributed by atoms with Crippen molar-refractivity contribution in [3.63, 3.8) is 0 Å². The lowest BCUT2D eigenvalue weighted by Gasteiger charge is -2.36. The van der Waals surface area contributed by atoms with Crippen LogP contribution in [0.2, 0.25) is 0 Å². The molecule has 0 N–H and O–H groups in total. The molecule has 0 bridgehead atoms. The first-order chi connectivity index (χ1) is 14.4. The highest BCUT2D eigenvalue weighted by atomic mass is 19.3. The van der Waals surface area contributed by atoms with Crippen molar-refractivity contribution in [1.29, 1.82) is 0 Å². The highest BCUT2D eigenvalue weighted by molar-refractivity contribution is 5.39. The molecule has 2 saturated heterocycles. The van der Waals surface area contributed by atoms with Crippen molar-refractivity contribution in [2.24, 2.45) is 7.05 Å². The standard InChI is InChI=1S/C21H28F2N6O/c1-15-16(10-25-27(15)2)11-28-6-3-20(13-28)14-30-12-17-9-24-19(26-18(17)20)29-7-4-21(22,23)5-8-29/h9-10H,3-8,11-14H2,1-2H3/t20-/m0/s1. The van der Waals surface area contributed by atoms with Crippen molar-refractivity contribution in [2.45, 2.75) is 50.7 Å². The Balaban J connectivity index is 1.37. The fraction of sp³-hybridized carbons (Fsp3) is 0.667. The van der Waals surface area contributed by atoms with Gasteiger partial charge in [0.25, 0.3) is 5.92 Å². The van der Waals surface area contributed by atoms with Crippen molar-refractivity contribution in [3.05, 3.63) is 34.9 Å². The molecule has 2 aromatic rings. The van der Waals surface area contributed by atoms with Crippen molar-refractivity contribution in [1.82, 2.24) is 24.6 Å². The minimum Gasteiger partial charge on any atom is -0.376 e. The summed E-state index contributed by atoms with van der Waals surface area (Å²) in [4.78, 5) is 13.7. The first-order valence-corrected chi connectivity index (χ1v) is 10.6. The summed E-state index contributed by atoms with van der Waals surface area (Å²) in [5.41, 5.74) is 4.32. The average molecular weight is 418 g/mol. The summed E-state index contributed by atoms with van der Waals surface area (Å²) in [6.45, 7) is 6.51. The van der Waals surface area contributed by atoms with Crippen LogP contribution < -0.4 is 4.90 Å². The maximum absolute atomic E-state index is 13.6. The summed E-state index contributed by atoms with van der Waals surface area (Å²) >= 11 is 0. The monoisotopic (exact) mass is 418 g/mol. The summed E-state index contributed by atoms with van der Waals surface area (Å²) in [6.07, 6.45) is 4.46. The van der Waals surface area contributed by atoms with Crippen molar-refractivity contribution < 1.29 is 13.5 Å². The van der Waals surface area contributed by atoms with Crippen LogP contribution in [0, 0.1) is 6.92 Å². The fourth-order valence-electron chi connectivity index (χ4n) is 4.92. The Morgan fingerprint density at radius 2 is 1.93 bits per heavy atom. The molecule has 2 fully saturated rings. The Labute approximate surface area is 175 Å². The largest absolute Gasteiger partial charge is 0.376 e. The van der Waals surface area contributed by atoms with Gasteiger partial charge in [0, 0.05) is 69.1 Å². The van der Waals surface area contributed by atoms with Crippen LogP contribution in [0.25, 0.3) is 0 Å². The van der Waals surface area contributed by atoms with Crippen LogP contribution in [0.5, 0.6) is 0 Å². The van der Waals surface area contributed by atoms with Crippen LogP contribution in [-0.4, -0.2) is 63.4 Å². The van der Waals surface area contributed by atoms with E-state index in [1.165, 1.54) is 11.3 Å². The molecule has 0 aliphatic carbocycles. The molecule has 2 aromatic heterocycles. The Morgan fingerprint density at radius 1 is 1.13 bits per heavy atom. The predicted molar refractivity (Wildman–Crippen MR) is 108 cm³/mol. The Morgan fingerprint density at radius 3 is 2.67 bits per heavy atom. The third-order valence-corrected chi connectivity index (χ3v) is 6.93. The van der Waals surface area contributed by atoms with E-state index in [0.29, 0.717) is 32.3 Å². The zero-order valence-electron chi connectivity index (χ0n) is 17.6. The van der Waals surface area contributed by atoms with Crippen molar-refractivity contribution in [2.75, 3.05) is 37.7 Å². The topological polar surface area (TPSA) is 59.3 Å². The molecular weight excluding hydrogens is 390 g/mol. The normalized spacial score (nSPS) is 26.3. The van der Waals surface area contributed by atoms with E-state index < -0.39 is 5.92 Å². The number of halogens is 2. The summed E-state index contributed by atoms with van der Waals surface area (Å²) in [6, 6.07) is 0. The minimum absolute atomic E-state index is 0.139. The average Bonchev–Trinajstić information content (AvgIpc) is 3.27. The van der Waals surface area contributed by atoms with Crippen LogP contribution in [0.4, 0.5) is 14.7 Å². The highest BCUT2D eigenvalue weighted by Crippen LogP contribution is 2.40. The Bertz CT molecular complexity index is 938. The molecule has 1 spiro atoms. The molecule has 9 heteroatoms. The smallest absolute Gasteiger partial charge is 0.251 e. The van der Waals surface area contributed by atoms with Gasteiger partial charge in [0.2, 0.25) is 5.95 Å². The number of aryl methyl sites for hydroxylation is 1. The lowest BCUT2D eigenvalue weighted by atomic mass is 9.80. The van der Waals surface area contributed by atoms with Gasteiger partial charge in [0.15, 0.2) is 0 Å². The van der Waals surface area contributed by atoms with Crippen molar-refractivity contribution in [3.8, 4) is 0 Å². The molecule has 3 aliphatic heterocycles. The van der Waals surface area contributed by atoms with Crippen molar-refractivity contribution >= 4 is 5.95 Å². The minimum atomic E-state index is -2.57. The predicted octanol–water partition coefficient (Wildman–Crippen LogP) is 2.43. The molecule has 0 aromatic carbocycles. The molecule has 1 atom stereocenters. The number of alkyl halides is 2. The molecular formula is C21H28F2N6O. The number of ether oxygens (including phenoxy) is 1. The molecule has 0 unspecified atom stereocenters. The maximum Gasteiger partial charge on any atom is 0.251 e. The number of anilines is 1. The van der Waals surface area contributed by atoms with E-state index in [1.807, 2.05) is 29.0 Å². The number of fused-ring (bicyclic) bond motifs is 2. The summed E-state index contributed by atoms with van der Waals surface area (Å²) in [5.74, 6) is -2.00. The van der Waals surface area contributed by atoms with Gasteiger partial charge >= 0.3 is 0 Å². The lowest BCUT2D eigenvalue weighted by Crippen LogP contribution is -2.43. The fourth-order valence-corrected chi connectivity index (χ4v) is 4.92. The van der Waals surface area contributed by atoms with E-state index in [1.54, 1.807) is 0 Å². The van der Waals surface area contributed by atoms with E-state index in [-0.39, 0.29) is 18.3 Å². The van der Waals surface area contributed by atoms with Crippen LogP contribution in [0.1, 0.15) is 41.8 Å². The number of hydrogen-bond acceptors (Lipinski definition) is 6. The molecule has 30 heavy (non-hydrogen) atoms. The van der Waals surface area contributed by atoms with Gasteiger partial charge in [0.1, 0.15) is 0 Å². The lowest BCUT2D eigenvalue weighted by molar-refractivity contribution is -0.0223. The quantitative estimate of drug-likeness (QED) is 0.763. The van der Waals surface area contributed by atoms with Gasteiger partial charge in [-0.15, -0.1) is 0 Å². The summed E-state index contributed by atoms with van der Waals surface area (Å²) < 4.78 is 35.0. The summed E-state index contributed by atoms with van der Waals surface area (Å²) in [7, 11) is 1.96. The molecule has 0 amide bonds. The van der Waals surface area contributed by atoms with Crippen LogP contribution in [-0.2, 0) is 30.4 Å². The van der Waals surface area contributed by atoms with Crippen LogP contribution >= 0.6 is 0 Å². The second kappa shape index (κ2) is 7.23. The number of likely N-dealkylation sites (tertiary alicyclic amines) is 1. The molecule has 162 valence electrons.